The van der Waals surface area contributed by atoms with Crippen LogP contribution < -0.4 is 20.1 Å². The number of aromatic nitrogens is 1. The molecule has 0 unspecified atom stereocenters. The summed E-state index contributed by atoms with van der Waals surface area (Å²) in [6.45, 7) is 6.36. The molecule has 0 saturated heterocycles. The van der Waals surface area contributed by atoms with Crippen LogP contribution in [0.25, 0.3) is 0 Å². The third-order valence-corrected chi connectivity index (χ3v) is 3.48. The minimum Gasteiger partial charge on any atom is -0.490 e. The predicted octanol–water partition coefficient (Wildman–Crippen LogP) is 2.56. The summed E-state index contributed by atoms with van der Waals surface area (Å²) in [5, 5.41) is 5.25. The van der Waals surface area contributed by atoms with Crippen LogP contribution in [0.3, 0.4) is 0 Å². The number of nitrogens with one attached hydrogen (secondary N) is 2. The van der Waals surface area contributed by atoms with Crippen LogP contribution in [0.2, 0.25) is 0 Å². The molecule has 138 valence electrons. The maximum absolute atomic E-state index is 12.3. The number of aryl methyl sites for hydroxylation is 1. The molecule has 7 nitrogen and oxygen atoms in total. The van der Waals surface area contributed by atoms with Crippen LogP contribution in [0.15, 0.2) is 36.5 Å². The lowest BCUT2D eigenvalue weighted by molar-refractivity contribution is -0.115. The van der Waals surface area contributed by atoms with Gasteiger partial charge in [0.05, 0.1) is 19.8 Å². The zero-order valence-corrected chi connectivity index (χ0v) is 15.2. The van der Waals surface area contributed by atoms with E-state index in [1.54, 1.807) is 30.5 Å². The van der Waals surface area contributed by atoms with Crippen molar-refractivity contribution in [3.05, 3.63) is 47.7 Å². The van der Waals surface area contributed by atoms with Crippen LogP contribution in [0.5, 0.6) is 11.5 Å². The van der Waals surface area contributed by atoms with Crippen molar-refractivity contribution in [3.8, 4) is 11.5 Å². The Morgan fingerprint density at radius 2 is 1.81 bits per heavy atom. The Bertz CT molecular complexity index is 777. The molecule has 2 N–H and O–H groups in total. The topological polar surface area (TPSA) is 89.5 Å². The molecule has 1 aromatic heterocycles. The van der Waals surface area contributed by atoms with Gasteiger partial charge >= 0.3 is 0 Å². The Labute approximate surface area is 152 Å². The maximum Gasteiger partial charge on any atom is 0.251 e. The van der Waals surface area contributed by atoms with Crippen molar-refractivity contribution < 1.29 is 19.1 Å². The third kappa shape index (κ3) is 5.20. The standard InChI is InChI=1S/C19H23N3O4/c1-4-25-15-9-8-14(11-16(15)26-5-2)19(24)21-12-17(23)22-18-13(3)7-6-10-20-18/h6-11H,4-5,12H2,1-3H3,(H,21,24)(H,20,22,23). The fraction of sp³-hybridized carbons (Fsp3) is 0.316. The first kappa shape index (κ1) is 19.2. The van der Waals surface area contributed by atoms with Crippen LogP contribution in [-0.4, -0.2) is 36.6 Å². The van der Waals surface area contributed by atoms with E-state index in [1.807, 2.05) is 26.8 Å². The van der Waals surface area contributed by atoms with Gasteiger partial charge in [-0.1, -0.05) is 6.07 Å². The average molecular weight is 357 g/mol. The molecule has 0 aliphatic heterocycles. The Morgan fingerprint density at radius 1 is 1.08 bits per heavy atom. The fourth-order valence-electron chi connectivity index (χ4n) is 2.25. The van der Waals surface area contributed by atoms with Gasteiger partial charge in [-0.25, -0.2) is 4.98 Å². The summed E-state index contributed by atoms with van der Waals surface area (Å²) in [6.07, 6.45) is 1.59. The fourth-order valence-corrected chi connectivity index (χ4v) is 2.25. The molecule has 2 amide bonds. The lowest BCUT2D eigenvalue weighted by Gasteiger charge is -2.12. The van der Waals surface area contributed by atoms with Gasteiger partial charge in [0.15, 0.2) is 11.5 Å². The molecule has 0 saturated carbocycles. The molecule has 0 bridgehead atoms. The first-order valence-electron chi connectivity index (χ1n) is 8.44. The van der Waals surface area contributed by atoms with E-state index in [1.165, 1.54) is 0 Å². The van der Waals surface area contributed by atoms with Crippen LogP contribution in [0, 0.1) is 6.92 Å². The molecule has 2 rings (SSSR count). The Kier molecular flexibility index (Phi) is 6.96. The summed E-state index contributed by atoms with van der Waals surface area (Å²) in [5.74, 6) is 0.828. The SMILES string of the molecule is CCOc1ccc(C(=O)NCC(=O)Nc2ncccc2C)cc1OCC. The first-order chi connectivity index (χ1) is 12.5. The summed E-state index contributed by atoms with van der Waals surface area (Å²) >= 11 is 0. The summed E-state index contributed by atoms with van der Waals surface area (Å²) in [4.78, 5) is 28.4. The van der Waals surface area contributed by atoms with E-state index in [0.717, 1.165) is 5.56 Å². The molecule has 0 aliphatic rings. The van der Waals surface area contributed by atoms with Gasteiger partial charge in [-0.2, -0.15) is 0 Å². The van der Waals surface area contributed by atoms with E-state index >= 15 is 0 Å². The van der Waals surface area contributed by atoms with Gasteiger partial charge in [-0.05, 0) is 50.6 Å². The van der Waals surface area contributed by atoms with Crippen molar-refractivity contribution in [2.24, 2.45) is 0 Å². The number of nitrogens with zero attached hydrogens (tertiary/aromatic N) is 1. The number of amides is 2. The first-order valence-corrected chi connectivity index (χ1v) is 8.44. The number of pyridine rings is 1. The van der Waals surface area contributed by atoms with Gasteiger partial charge in [0, 0.05) is 11.8 Å². The van der Waals surface area contributed by atoms with E-state index in [4.69, 9.17) is 9.47 Å². The lowest BCUT2D eigenvalue weighted by Crippen LogP contribution is -2.33. The number of benzene rings is 1. The molecule has 26 heavy (non-hydrogen) atoms. The van der Waals surface area contributed by atoms with Crippen molar-refractivity contribution in [2.75, 3.05) is 25.1 Å². The minimum absolute atomic E-state index is 0.161. The second-order valence-electron chi connectivity index (χ2n) is 5.43. The van der Waals surface area contributed by atoms with Crippen molar-refractivity contribution in [1.29, 1.82) is 0 Å². The van der Waals surface area contributed by atoms with Gasteiger partial charge < -0.3 is 20.1 Å². The molecular weight excluding hydrogens is 334 g/mol. The molecule has 0 atom stereocenters. The van der Waals surface area contributed by atoms with Crippen molar-refractivity contribution >= 4 is 17.6 Å². The molecular formula is C19H23N3O4. The number of anilines is 1. The third-order valence-electron chi connectivity index (χ3n) is 3.48. The van der Waals surface area contributed by atoms with Gasteiger partial charge in [0.25, 0.3) is 5.91 Å². The number of carbonyl (C=O) groups is 2. The van der Waals surface area contributed by atoms with Crippen LogP contribution in [-0.2, 0) is 4.79 Å². The molecule has 7 heteroatoms. The largest absolute Gasteiger partial charge is 0.490 e. The van der Waals surface area contributed by atoms with Crippen LogP contribution in [0.1, 0.15) is 29.8 Å². The molecule has 0 radical (unpaired) electrons. The second-order valence-corrected chi connectivity index (χ2v) is 5.43. The normalized spacial score (nSPS) is 10.1. The molecule has 1 heterocycles. The smallest absolute Gasteiger partial charge is 0.251 e. The van der Waals surface area contributed by atoms with E-state index in [-0.39, 0.29) is 18.4 Å². The van der Waals surface area contributed by atoms with E-state index in [2.05, 4.69) is 15.6 Å². The zero-order chi connectivity index (χ0) is 18.9. The van der Waals surface area contributed by atoms with E-state index in [0.29, 0.717) is 36.1 Å². The number of hydrogen-bond acceptors (Lipinski definition) is 5. The van der Waals surface area contributed by atoms with Gasteiger partial charge in [-0.15, -0.1) is 0 Å². The summed E-state index contributed by atoms with van der Waals surface area (Å²) in [5.41, 5.74) is 1.23. The molecule has 0 spiro atoms. The Hall–Kier alpha value is -3.09. The van der Waals surface area contributed by atoms with E-state index < -0.39 is 0 Å². The second kappa shape index (κ2) is 9.41. The highest BCUT2D eigenvalue weighted by Gasteiger charge is 2.13. The number of hydrogen-bond donors (Lipinski definition) is 2. The summed E-state index contributed by atoms with van der Waals surface area (Å²) in [7, 11) is 0. The number of ether oxygens (including phenoxy) is 2. The summed E-state index contributed by atoms with van der Waals surface area (Å²) < 4.78 is 11.0. The van der Waals surface area contributed by atoms with E-state index in [9.17, 15) is 9.59 Å². The van der Waals surface area contributed by atoms with Gasteiger partial charge in [-0.3, -0.25) is 9.59 Å². The average Bonchev–Trinajstić information content (AvgIpc) is 2.63. The highest BCUT2D eigenvalue weighted by atomic mass is 16.5. The number of carbonyl (C=O) groups excluding carboxylic acids is 2. The highest BCUT2D eigenvalue weighted by molar-refractivity contribution is 5.99. The van der Waals surface area contributed by atoms with Crippen LogP contribution in [0.4, 0.5) is 5.82 Å². The molecule has 1 aromatic carbocycles. The minimum atomic E-state index is -0.373. The van der Waals surface area contributed by atoms with Crippen molar-refractivity contribution in [1.82, 2.24) is 10.3 Å². The van der Waals surface area contributed by atoms with Crippen molar-refractivity contribution in [2.45, 2.75) is 20.8 Å². The van der Waals surface area contributed by atoms with Gasteiger partial charge in [0.2, 0.25) is 5.91 Å². The Morgan fingerprint density at radius 3 is 2.50 bits per heavy atom. The Balaban J connectivity index is 1.97. The maximum atomic E-state index is 12.3. The molecule has 2 aromatic rings. The predicted molar refractivity (Wildman–Crippen MR) is 98.7 cm³/mol. The quantitative estimate of drug-likeness (QED) is 0.758. The highest BCUT2D eigenvalue weighted by Crippen LogP contribution is 2.28. The molecule has 0 aliphatic carbocycles. The lowest BCUT2D eigenvalue weighted by atomic mass is 10.2. The number of rotatable bonds is 8. The zero-order valence-electron chi connectivity index (χ0n) is 15.2. The molecule has 0 fully saturated rings. The monoisotopic (exact) mass is 357 g/mol. The summed E-state index contributed by atoms with van der Waals surface area (Å²) in [6, 6.07) is 8.54. The van der Waals surface area contributed by atoms with Crippen LogP contribution >= 0.6 is 0 Å². The van der Waals surface area contributed by atoms with Gasteiger partial charge in [0.1, 0.15) is 5.82 Å². The van der Waals surface area contributed by atoms with Crippen molar-refractivity contribution in [3.63, 3.8) is 0 Å².